The van der Waals surface area contributed by atoms with E-state index in [9.17, 15) is 22.8 Å². The number of aryl methyl sites for hydroxylation is 1. The highest BCUT2D eigenvalue weighted by Gasteiger charge is 2.17. The first-order valence-electron chi connectivity index (χ1n) is 9.51. The van der Waals surface area contributed by atoms with Crippen LogP contribution in [0.2, 0.25) is 0 Å². The van der Waals surface area contributed by atoms with Crippen molar-refractivity contribution in [2.75, 3.05) is 7.11 Å². The summed E-state index contributed by atoms with van der Waals surface area (Å²) in [6.45, 7) is 0.111. The first kappa shape index (κ1) is 22.6. The van der Waals surface area contributed by atoms with Gasteiger partial charge >= 0.3 is 5.97 Å². The van der Waals surface area contributed by atoms with Crippen LogP contribution in [0.15, 0.2) is 67.8 Å². The number of methoxy groups -OCH3 is 1. The molecule has 0 aliphatic carbocycles. The summed E-state index contributed by atoms with van der Waals surface area (Å²) in [6.07, 6.45) is 1.04. The fourth-order valence-electron chi connectivity index (χ4n) is 3.21. The van der Waals surface area contributed by atoms with Gasteiger partial charge in [-0.05, 0) is 30.3 Å². The molecule has 0 spiro atoms. The topological polar surface area (TPSA) is 151 Å². The summed E-state index contributed by atoms with van der Waals surface area (Å²) in [6, 6.07) is 10.7. The predicted molar refractivity (Wildman–Crippen MR) is 120 cm³/mol. The van der Waals surface area contributed by atoms with Crippen molar-refractivity contribution in [3.05, 3.63) is 69.3 Å². The molecule has 2 N–H and O–H groups in total. The number of para-hydroxylation sites is 1. The maximum atomic E-state index is 12.9. The third-order valence-electron chi connectivity index (χ3n) is 4.86. The summed E-state index contributed by atoms with van der Waals surface area (Å²) in [4.78, 5) is 41.4. The summed E-state index contributed by atoms with van der Waals surface area (Å²) >= 11 is 1.02. The van der Waals surface area contributed by atoms with Crippen molar-refractivity contribution < 1.29 is 27.2 Å². The van der Waals surface area contributed by atoms with E-state index in [0.717, 1.165) is 17.6 Å². The Kier molecular flexibility index (Phi) is 5.97. The normalized spacial score (nSPS) is 12.4. The van der Waals surface area contributed by atoms with Crippen LogP contribution in [0.25, 0.3) is 21.2 Å². The van der Waals surface area contributed by atoms with E-state index in [4.69, 9.17) is 9.56 Å². The van der Waals surface area contributed by atoms with Gasteiger partial charge in [-0.2, -0.15) is 4.99 Å². The van der Waals surface area contributed by atoms with Crippen molar-refractivity contribution in [3.8, 4) is 0 Å². The van der Waals surface area contributed by atoms with Gasteiger partial charge in [-0.3, -0.25) is 14.4 Å². The summed E-state index contributed by atoms with van der Waals surface area (Å²) in [5.41, 5.74) is 0.0956. The fourth-order valence-corrected chi connectivity index (χ4v) is 4.92. The molecule has 0 fully saturated rings. The molecule has 0 saturated carbocycles. The lowest BCUT2D eigenvalue weighted by Gasteiger charge is -2.05. The van der Waals surface area contributed by atoms with Crippen molar-refractivity contribution in [2.45, 2.75) is 17.9 Å². The molecule has 4 rings (SSSR count). The quantitative estimate of drug-likeness (QED) is 0.421. The lowest BCUT2D eigenvalue weighted by atomic mass is 10.2. The Morgan fingerprint density at radius 1 is 1.21 bits per heavy atom. The number of rotatable bonds is 5. The Balaban J connectivity index is 1.87. The average Bonchev–Trinajstić information content (AvgIpc) is 3.13. The number of carbonyl (C=O) groups is 2. The van der Waals surface area contributed by atoms with E-state index in [0.29, 0.717) is 15.8 Å². The minimum absolute atomic E-state index is 0.0151. The average molecular weight is 488 g/mol. The van der Waals surface area contributed by atoms with E-state index in [1.165, 1.54) is 25.3 Å². The number of amides is 1. The lowest BCUT2D eigenvalue weighted by Crippen LogP contribution is -2.21. The van der Waals surface area contributed by atoms with E-state index >= 15 is 0 Å². The highest BCUT2D eigenvalue weighted by atomic mass is 32.2. The first-order valence-corrected chi connectivity index (χ1v) is 11.9. The number of aromatic nitrogens is 1. The molecule has 0 aliphatic heterocycles. The van der Waals surface area contributed by atoms with Gasteiger partial charge in [-0.25, -0.2) is 13.6 Å². The van der Waals surface area contributed by atoms with Crippen LogP contribution in [0.4, 0.5) is 0 Å². The van der Waals surface area contributed by atoms with Gasteiger partial charge < -0.3 is 13.7 Å². The van der Waals surface area contributed by atoms with E-state index in [1.807, 2.05) is 0 Å². The van der Waals surface area contributed by atoms with E-state index in [1.54, 1.807) is 28.8 Å². The van der Waals surface area contributed by atoms with Crippen molar-refractivity contribution in [3.63, 3.8) is 0 Å². The van der Waals surface area contributed by atoms with Gasteiger partial charge in [0, 0.05) is 6.54 Å². The Labute approximate surface area is 190 Å². The molecule has 1 amide bonds. The molecule has 2 heterocycles. The minimum atomic E-state index is -3.95. The van der Waals surface area contributed by atoms with Crippen LogP contribution >= 0.6 is 11.3 Å². The highest BCUT2D eigenvalue weighted by molar-refractivity contribution is 7.89. The van der Waals surface area contributed by atoms with Gasteiger partial charge in [-0.1, -0.05) is 23.5 Å². The second kappa shape index (κ2) is 8.73. The van der Waals surface area contributed by atoms with Gasteiger partial charge in [-0.15, -0.1) is 0 Å². The fraction of sp³-hybridized carbons (Fsp3) is 0.143. The number of sulfonamides is 1. The maximum absolute atomic E-state index is 12.9. The van der Waals surface area contributed by atoms with Crippen LogP contribution < -0.4 is 15.4 Å². The summed E-state index contributed by atoms with van der Waals surface area (Å²) in [7, 11) is -2.69. The van der Waals surface area contributed by atoms with Crippen LogP contribution in [-0.4, -0.2) is 32.0 Å². The first-order chi connectivity index (χ1) is 15.7. The molecule has 0 unspecified atom stereocenters. The van der Waals surface area contributed by atoms with Gasteiger partial charge in [0.2, 0.25) is 15.5 Å². The SMILES string of the molecule is COC(=O)CCn1c(=NC(=O)c2coc3ccccc3c2=O)sc2cc(S(N)(=O)=O)ccc21. The van der Waals surface area contributed by atoms with Crippen LogP contribution in [0, 0.1) is 0 Å². The number of esters is 1. The third-order valence-corrected chi connectivity index (χ3v) is 6.81. The molecule has 0 saturated heterocycles. The summed E-state index contributed by atoms with van der Waals surface area (Å²) in [5, 5.41) is 5.46. The zero-order valence-corrected chi connectivity index (χ0v) is 18.8. The number of primary sulfonamides is 1. The molecule has 2 aromatic carbocycles. The number of fused-ring (bicyclic) bond motifs is 2. The second-order valence-electron chi connectivity index (χ2n) is 6.93. The number of carbonyl (C=O) groups excluding carboxylic acids is 2. The molecule has 0 atom stereocenters. The standard InChI is InChI=1S/C21H17N3O7S2/c1-30-18(25)8-9-24-15-7-6-12(33(22,28)29)10-17(15)32-21(24)23-20(27)14-11-31-16-5-3-2-4-13(16)19(14)26/h2-7,10-11H,8-9H2,1H3,(H2,22,28,29). The molecular formula is C21H17N3O7S2. The smallest absolute Gasteiger partial charge is 0.307 e. The van der Waals surface area contributed by atoms with Gasteiger partial charge in [0.1, 0.15) is 17.4 Å². The Hall–Kier alpha value is -3.61. The number of thiazole rings is 1. The second-order valence-corrected chi connectivity index (χ2v) is 9.50. The molecule has 0 radical (unpaired) electrons. The summed E-state index contributed by atoms with van der Waals surface area (Å²) in [5.74, 6) is -1.31. The number of ether oxygens (including phenoxy) is 1. The van der Waals surface area contributed by atoms with Crippen molar-refractivity contribution >= 4 is 54.4 Å². The van der Waals surface area contributed by atoms with Crippen LogP contribution in [-0.2, 0) is 26.1 Å². The van der Waals surface area contributed by atoms with E-state index in [2.05, 4.69) is 9.73 Å². The Morgan fingerprint density at radius 2 is 1.97 bits per heavy atom. The summed E-state index contributed by atoms with van der Waals surface area (Å²) < 4.78 is 35.6. The van der Waals surface area contributed by atoms with Gasteiger partial charge in [0.05, 0.1) is 34.0 Å². The molecular weight excluding hydrogens is 470 g/mol. The van der Waals surface area contributed by atoms with Crippen molar-refractivity contribution in [1.82, 2.24) is 4.57 Å². The molecule has 0 aliphatic rings. The number of nitrogens with zero attached hydrogens (tertiary/aromatic N) is 2. The van der Waals surface area contributed by atoms with Crippen LogP contribution in [0.3, 0.4) is 0 Å². The number of hydrogen-bond donors (Lipinski definition) is 1. The highest BCUT2D eigenvalue weighted by Crippen LogP contribution is 2.22. The van der Waals surface area contributed by atoms with E-state index < -0.39 is 27.3 Å². The number of hydrogen-bond acceptors (Lipinski definition) is 8. The monoisotopic (exact) mass is 487 g/mol. The zero-order valence-electron chi connectivity index (χ0n) is 17.2. The third kappa shape index (κ3) is 4.49. The number of nitrogens with two attached hydrogens (primary N) is 1. The van der Waals surface area contributed by atoms with Crippen molar-refractivity contribution in [2.24, 2.45) is 10.1 Å². The van der Waals surface area contributed by atoms with Crippen LogP contribution in [0.1, 0.15) is 16.8 Å². The zero-order chi connectivity index (χ0) is 23.8. The lowest BCUT2D eigenvalue weighted by molar-refractivity contribution is -0.140. The molecule has 33 heavy (non-hydrogen) atoms. The Morgan fingerprint density at radius 3 is 2.70 bits per heavy atom. The molecule has 2 aromatic heterocycles. The number of benzene rings is 2. The molecule has 170 valence electrons. The minimum Gasteiger partial charge on any atom is -0.469 e. The maximum Gasteiger partial charge on any atom is 0.307 e. The predicted octanol–water partition coefficient (Wildman–Crippen LogP) is 1.76. The molecule has 0 bridgehead atoms. The molecule has 12 heteroatoms. The van der Waals surface area contributed by atoms with Crippen molar-refractivity contribution in [1.29, 1.82) is 0 Å². The van der Waals surface area contributed by atoms with E-state index in [-0.39, 0.29) is 33.6 Å². The molecule has 10 nitrogen and oxygen atoms in total. The molecule has 4 aromatic rings. The van der Waals surface area contributed by atoms with Gasteiger partial charge in [0.25, 0.3) is 5.91 Å². The largest absolute Gasteiger partial charge is 0.469 e. The Bertz CT molecular complexity index is 1650. The van der Waals surface area contributed by atoms with Crippen LogP contribution in [0.5, 0.6) is 0 Å². The van der Waals surface area contributed by atoms with Gasteiger partial charge in [0.15, 0.2) is 4.80 Å².